The molecule has 0 aliphatic carbocycles. The Morgan fingerprint density at radius 1 is 1.39 bits per heavy atom. The smallest absolute Gasteiger partial charge is 0.0897 e. The van der Waals surface area contributed by atoms with Crippen molar-refractivity contribution in [3.8, 4) is 0 Å². The first kappa shape index (κ1) is 15.6. The molecule has 0 amide bonds. The van der Waals surface area contributed by atoms with Crippen LogP contribution >= 0.6 is 11.3 Å². The van der Waals surface area contributed by atoms with Crippen LogP contribution in [0.25, 0.3) is 0 Å². The van der Waals surface area contributed by atoms with Crippen LogP contribution in [-0.2, 0) is 6.42 Å². The largest absolute Gasteiger partial charge is 0.314 e. The third-order valence-corrected chi connectivity index (χ3v) is 3.87. The fraction of sp³-hybridized carbons (Fsp3) is 0.800. The van der Waals surface area contributed by atoms with Gasteiger partial charge in [0.1, 0.15) is 0 Å². The van der Waals surface area contributed by atoms with Gasteiger partial charge in [0.2, 0.25) is 0 Å². The molecule has 0 aliphatic rings. The zero-order valence-electron chi connectivity index (χ0n) is 12.5. The molecule has 1 aromatic heterocycles. The van der Waals surface area contributed by atoms with Gasteiger partial charge in [0.25, 0.3) is 0 Å². The summed E-state index contributed by atoms with van der Waals surface area (Å²) in [6, 6.07) is 0.575. The molecule has 104 valence electrons. The molecule has 1 rings (SSSR count). The van der Waals surface area contributed by atoms with Crippen molar-refractivity contribution in [2.45, 2.75) is 66.3 Å². The summed E-state index contributed by atoms with van der Waals surface area (Å²) in [5, 5.41) is 7.04. The lowest BCUT2D eigenvalue weighted by Gasteiger charge is -2.23. The molecule has 0 fully saturated rings. The van der Waals surface area contributed by atoms with Crippen LogP contribution in [0.3, 0.4) is 0 Å². The van der Waals surface area contributed by atoms with E-state index in [1.807, 2.05) is 0 Å². The normalized spacial score (nSPS) is 13.8. The molecule has 0 bridgehead atoms. The van der Waals surface area contributed by atoms with Crippen LogP contribution in [0.1, 0.15) is 57.7 Å². The molecule has 0 aliphatic heterocycles. The summed E-state index contributed by atoms with van der Waals surface area (Å²) >= 11 is 1.75. The van der Waals surface area contributed by atoms with E-state index in [1.54, 1.807) is 11.3 Å². The zero-order chi connectivity index (χ0) is 13.6. The van der Waals surface area contributed by atoms with E-state index >= 15 is 0 Å². The van der Waals surface area contributed by atoms with Crippen molar-refractivity contribution in [1.29, 1.82) is 0 Å². The van der Waals surface area contributed by atoms with E-state index < -0.39 is 0 Å². The third kappa shape index (κ3) is 6.50. The van der Waals surface area contributed by atoms with Crippen molar-refractivity contribution in [3.05, 3.63) is 16.1 Å². The predicted octanol–water partition coefficient (Wildman–Crippen LogP) is 4.19. The first-order valence-corrected chi connectivity index (χ1v) is 7.93. The third-order valence-electron chi connectivity index (χ3n) is 3.05. The van der Waals surface area contributed by atoms with E-state index in [4.69, 9.17) is 0 Å². The Kier molecular flexibility index (Phi) is 6.30. The topological polar surface area (TPSA) is 24.9 Å². The van der Waals surface area contributed by atoms with Crippen molar-refractivity contribution in [3.63, 3.8) is 0 Å². The van der Waals surface area contributed by atoms with Crippen LogP contribution in [-0.4, -0.2) is 17.6 Å². The fourth-order valence-electron chi connectivity index (χ4n) is 1.99. The Hall–Kier alpha value is -0.410. The van der Waals surface area contributed by atoms with Crippen LogP contribution < -0.4 is 5.32 Å². The summed E-state index contributed by atoms with van der Waals surface area (Å²) in [7, 11) is 0. The van der Waals surface area contributed by atoms with Gasteiger partial charge >= 0.3 is 0 Å². The molecule has 1 heterocycles. The summed E-state index contributed by atoms with van der Waals surface area (Å²) in [4.78, 5) is 4.58. The lowest BCUT2D eigenvalue weighted by Crippen LogP contribution is -2.33. The van der Waals surface area contributed by atoms with Crippen molar-refractivity contribution in [2.24, 2.45) is 5.41 Å². The first-order chi connectivity index (χ1) is 8.40. The van der Waals surface area contributed by atoms with E-state index in [0.717, 1.165) is 13.0 Å². The lowest BCUT2D eigenvalue weighted by atomic mass is 9.88. The number of aryl methyl sites for hydroxylation is 1. The van der Waals surface area contributed by atoms with Gasteiger partial charge in [0.05, 0.1) is 10.7 Å². The van der Waals surface area contributed by atoms with Crippen LogP contribution in [0.4, 0.5) is 0 Å². The highest BCUT2D eigenvalue weighted by molar-refractivity contribution is 7.09. The molecule has 18 heavy (non-hydrogen) atoms. The maximum Gasteiger partial charge on any atom is 0.0897 e. The van der Waals surface area contributed by atoms with Gasteiger partial charge in [-0.25, -0.2) is 4.98 Å². The Bertz CT molecular complexity index is 339. The van der Waals surface area contributed by atoms with E-state index in [-0.39, 0.29) is 0 Å². The Morgan fingerprint density at radius 2 is 2.11 bits per heavy atom. The molecule has 0 aromatic carbocycles. The maximum absolute atomic E-state index is 4.58. The maximum atomic E-state index is 4.58. The van der Waals surface area contributed by atoms with Gasteiger partial charge in [-0.15, -0.1) is 11.3 Å². The Morgan fingerprint density at radius 3 is 2.61 bits per heavy atom. The summed E-state index contributed by atoms with van der Waals surface area (Å²) in [6.45, 7) is 12.4. The van der Waals surface area contributed by atoms with Gasteiger partial charge in [-0.1, -0.05) is 27.7 Å². The molecule has 0 saturated heterocycles. The van der Waals surface area contributed by atoms with Gasteiger partial charge < -0.3 is 5.32 Å². The van der Waals surface area contributed by atoms with Gasteiger partial charge in [-0.3, -0.25) is 0 Å². The second kappa shape index (κ2) is 7.25. The average molecular weight is 268 g/mol. The molecule has 1 N–H and O–H groups in total. The van der Waals surface area contributed by atoms with Crippen molar-refractivity contribution in [2.75, 3.05) is 6.54 Å². The second-order valence-electron chi connectivity index (χ2n) is 6.31. The van der Waals surface area contributed by atoms with Crippen molar-refractivity contribution >= 4 is 11.3 Å². The number of rotatable bonds is 7. The SMILES string of the molecule is CCCNC(CCC(C)(C)C)Cc1csc(C)n1. The zero-order valence-corrected chi connectivity index (χ0v) is 13.4. The number of aromatic nitrogens is 1. The molecular weight excluding hydrogens is 240 g/mol. The number of hydrogen-bond acceptors (Lipinski definition) is 3. The molecule has 1 unspecified atom stereocenters. The summed E-state index contributed by atoms with van der Waals surface area (Å²) in [5.41, 5.74) is 1.67. The minimum absolute atomic E-state index is 0.421. The van der Waals surface area contributed by atoms with Crippen LogP contribution in [0, 0.1) is 12.3 Å². The molecule has 0 saturated carbocycles. The van der Waals surface area contributed by atoms with Crippen LogP contribution in [0.15, 0.2) is 5.38 Å². The molecule has 1 aromatic rings. The summed E-state index contributed by atoms with van der Waals surface area (Å²) in [6.07, 6.45) is 4.76. The van der Waals surface area contributed by atoms with Gasteiger partial charge in [0, 0.05) is 17.8 Å². The van der Waals surface area contributed by atoms with Crippen molar-refractivity contribution < 1.29 is 0 Å². The number of hydrogen-bond donors (Lipinski definition) is 1. The fourth-order valence-corrected chi connectivity index (χ4v) is 2.61. The first-order valence-electron chi connectivity index (χ1n) is 7.05. The highest BCUT2D eigenvalue weighted by Gasteiger charge is 2.16. The average Bonchev–Trinajstić information content (AvgIpc) is 2.67. The minimum atomic E-state index is 0.421. The van der Waals surface area contributed by atoms with Gasteiger partial charge in [0.15, 0.2) is 0 Å². The molecule has 2 nitrogen and oxygen atoms in total. The molecular formula is C15H28N2S. The summed E-state index contributed by atoms with van der Waals surface area (Å²) < 4.78 is 0. The van der Waals surface area contributed by atoms with Gasteiger partial charge in [-0.05, 0) is 38.1 Å². The lowest BCUT2D eigenvalue weighted by molar-refractivity contribution is 0.328. The summed E-state index contributed by atoms with van der Waals surface area (Å²) in [5.74, 6) is 0. The number of nitrogens with one attached hydrogen (secondary N) is 1. The standard InChI is InChI=1S/C15H28N2S/c1-6-9-16-13(7-8-15(3,4)5)10-14-11-18-12(2)17-14/h11,13,16H,6-10H2,1-5H3. The second-order valence-corrected chi connectivity index (χ2v) is 7.37. The predicted molar refractivity (Wildman–Crippen MR) is 81.3 cm³/mol. The Labute approximate surface area is 116 Å². The number of nitrogens with zero attached hydrogens (tertiary/aromatic N) is 1. The van der Waals surface area contributed by atoms with E-state index in [2.05, 4.69) is 50.3 Å². The Balaban J connectivity index is 2.49. The highest BCUT2D eigenvalue weighted by Crippen LogP contribution is 2.23. The molecule has 1 atom stereocenters. The minimum Gasteiger partial charge on any atom is -0.314 e. The van der Waals surface area contributed by atoms with E-state index in [0.29, 0.717) is 11.5 Å². The quantitative estimate of drug-likeness (QED) is 0.802. The molecule has 0 radical (unpaired) electrons. The van der Waals surface area contributed by atoms with Crippen LogP contribution in [0.5, 0.6) is 0 Å². The molecule has 3 heteroatoms. The number of thiazole rings is 1. The monoisotopic (exact) mass is 268 g/mol. The van der Waals surface area contributed by atoms with E-state index in [9.17, 15) is 0 Å². The highest BCUT2D eigenvalue weighted by atomic mass is 32.1. The van der Waals surface area contributed by atoms with Crippen molar-refractivity contribution in [1.82, 2.24) is 10.3 Å². The molecule has 0 spiro atoms. The van der Waals surface area contributed by atoms with E-state index in [1.165, 1.54) is 30.0 Å². The van der Waals surface area contributed by atoms with Gasteiger partial charge in [-0.2, -0.15) is 0 Å². The van der Waals surface area contributed by atoms with Crippen LogP contribution in [0.2, 0.25) is 0 Å².